The smallest absolute Gasteiger partial charge is 0.421 e. The summed E-state index contributed by atoms with van der Waals surface area (Å²) in [5.41, 5.74) is 1.51. The van der Waals surface area contributed by atoms with Crippen LogP contribution in [-0.4, -0.2) is 44.1 Å². The van der Waals surface area contributed by atoms with E-state index >= 15 is 0 Å². The Morgan fingerprint density at radius 3 is 2.44 bits per heavy atom. The number of fused-ring (bicyclic) bond motifs is 1. The lowest BCUT2D eigenvalue weighted by Gasteiger charge is -2.26. The lowest BCUT2D eigenvalue weighted by molar-refractivity contribution is -0.137. The first-order chi connectivity index (χ1) is 20.3. The Kier molecular flexibility index (Phi) is 8.74. The highest BCUT2D eigenvalue weighted by atomic mass is 31.2. The van der Waals surface area contributed by atoms with Crippen LogP contribution in [0.4, 0.5) is 36.3 Å². The van der Waals surface area contributed by atoms with E-state index in [1.54, 1.807) is 57.2 Å². The summed E-state index contributed by atoms with van der Waals surface area (Å²) in [6.07, 6.45) is 0.580. The molecule has 4 aromatic rings. The number of nitrogens with one attached hydrogen (secondary N) is 2. The number of aryl methyl sites for hydroxylation is 1. The van der Waals surface area contributed by atoms with Crippen molar-refractivity contribution in [2.45, 2.75) is 57.0 Å². The van der Waals surface area contributed by atoms with Crippen molar-refractivity contribution in [1.29, 1.82) is 0 Å². The van der Waals surface area contributed by atoms with Crippen molar-refractivity contribution in [3.63, 3.8) is 0 Å². The van der Waals surface area contributed by atoms with Crippen molar-refractivity contribution in [2.75, 3.05) is 23.9 Å². The molecular weight excluding hydrogens is 582 g/mol. The predicted molar refractivity (Wildman–Crippen MR) is 161 cm³/mol. The van der Waals surface area contributed by atoms with E-state index in [-0.39, 0.29) is 35.7 Å². The average Bonchev–Trinajstić information content (AvgIpc) is 3.24. The maximum atomic E-state index is 14.0. The minimum atomic E-state index is -4.74. The molecule has 1 unspecified atom stereocenters. The third-order valence-corrected chi connectivity index (χ3v) is 9.47. The molecule has 9 nitrogen and oxygen atoms in total. The van der Waals surface area contributed by atoms with Gasteiger partial charge < -0.3 is 29.9 Å². The zero-order chi connectivity index (χ0) is 30.9. The van der Waals surface area contributed by atoms with Crippen LogP contribution in [0.15, 0.2) is 48.8 Å². The van der Waals surface area contributed by atoms with Crippen LogP contribution in [0.1, 0.15) is 55.2 Å². The van der Waals surface area contributed by atoms with E-state index in [9.17, 15) is 27.9 Å². The van der Waals surface area contributed by atoms with Crippen LogP contribution in [0.5, 0.6) is 5.88 Å². The van der Waals surface area contributed by atoms with Gasteiger partial charge in [-0.1, -0.05) is 18.2 Å². The van der Waals surface area contributed by atoms with Crippen LogP contribution in [0.25, 0.3) is 10.8 Å². The van der Waals surface area contributed by atoms with Crippen molar-refractivity contribution in [3.8, 4) is 5.88 Å². The third kappa shape index (κ3) is 6.98. The highest BCUT2D eigenvalue weighted by Gasteiger charge is 2.36. The highest BCUT2D eigenvalue weighted by Crippen LogP contribution is 2.46. The molecule has 0 amide bonds. The minimum absolute atomic E-state index is 0.0651. The highest BCUT2D eigenvalue weighted by molar-refractivity contribution is 7.57. The Labute approximate surface area is 247 Å². The second-order valence-corrected chi connectivity index (χ2v) is 13.7. The van der Waals surface area contributed by atoms with E-state index in [1.807, 2.05) is 6.07 Å². The molecule has 2 aromatic carbocycles. The summed E-state index contributed by atoms with van der Waals surface area (Å²) < 4.78 is 61.5. The van der Waals surface area contributed by atoms with E-state index in [1.165, 1.54) is 4.57 Å². The summed E-state index contributed by atoms with van der Waals surface area (Å²) >= 11 is 0. The van der Waals surface area contributed by atoms with Crippen molar-refractivity contribution >= 4 is 41.3 Å². The molecule has 1 saturated carbocycles. The molecule has 1 atom stereocenters. The first-order valence-corrected chi connectivity index (χ1v) is 16.4. The van der Waals surface area contributed by atoms with Gasteiger partial charge in [0.2, 0.25) is 19.2 Å². The molecule has 1 fully saturated rings. The predicted octanol–water partition coefficient (Wildman–Crippen LogP) is 7.64. The number of aliphatic hydroxyl groups is 1. The standard InChI is InChI=1S/C30H35F3N5O4P/c1-4-42-43(3,41)17-18-5-9-20(10-6-18)35-29-34-15-24(30(31,32)33)27(37-29)36-25-14-13-22(19-7-11-21(39)12-8-19)23-16-38(2)28(40)26(23)25/h5-6,9-10,13-16,19,21,39-40H,4,7-8,11-12,17H2,1-3H3,(H2,34,35,36,37). The van der Waals surface area contributed by atoms with E-state index in [0.717, 1.165) is 29.4 Å². The molecule has 4 N–H and O–H groups in total. The zero-order valence-corrected chi connectivity index (χ0v) is 25.0. The van der Waals surface area contributed by atoms with E-state index in [4.69, 9.17) is 4.52 Å². The molecule has 1 aliphatic rings. The molecule has 1 aliphatic carbocycles. The maximum absolute atomic E-state index is 14.0. The molecular formula is C30H35F3N5O4P. The summed E-state index contributed by atoms with van der Waals surface area (Å²) in [6.45, 7) is 3.70. The van der Waals surface area contributed by atoms with Gasteiger partial charge in [0, 0.05) is 43.3 Å². The van der Waals surface area contributed by atoms with Crippen LogP contribution >= 0.6 is 7.37 Å². The summed E-state index contributed by atoms with van der Waals surface area (Å²) in [7, 11) is -1.11. The quantitative estimate of drug-likeness (QED) is 0.141. The lowest BCUT2D eigenvalue weighted by atomic mass is 9.81. The molecule has 2 heterocycles. The second-order valence-electron chi connectivity index (χ2n) is 11.1. The number of benzene rings is 2. The molecule has 0 bridgehead atoms. The number of nitrogens with zero attached hydrogens (tertiary/aromatic N) is 3. The number of halogens is 3. The molecule has 0 spiro atoms. The van der Waals surface area contributed by atoms with Gasteiger partial charge in [-0.05, 0) is 67.9 Å². The van der Waals surface area contributed by atoms with Crippen LogP contribution in [0.2, 0.25) is 0 Å². The summed E-state index contributed by atoms with van der Waals surface area (Å²) in [5, 5.41) is 27.7. The lowest BCUT2D eigenvalue weighted by Crippen LogP contribution is -2.17. The molecule has 0 radical (unpaired) electrons. The van der Waals surface area contributed by atoms with Gasteiger partial charge in [0.15, 0.2) is 0 Å². The third-order valence-electron chi connectivity index (χ3n) is 7.73. The van der Waals surface area contributed by atoms with Crippen LogP contribution < -0.4 is 10.6 Å². The van der Waals surface area contributed by atoms with Gasteiger partial charge >= 0.3 is 6.18 Å². The number of aromatic nitrogens is 3. The van der Waals surface area contributed by atoms with E-state index in [2.05, 4.69) is 20.6 Å². The van der Waals surface area contributed by atoms with Crippen LogP contribution in [-0.2, 0) is 28.5 Å². The number of hydrogen-bond donors (Lipinski definition) is 4. The van der Waals surface area contributed by atoms with Crippen molar-refractivity contribution in [1.82, 2.24) is 14.5 Å². The fourth-order valence-electron chi connectivity index (χ4n) is 5.64. The number of aliphatic hydroxyl groups excluding tert-OH is 1. The van der Waals surface area contributed by atoms with Gasteiger partial charge in [-0.2, -0.15) is 18.2 Å². The summed E-state index contributed by atoms with van der Waals surface area (Å²) in [6, 6.07) is 10.4. The van der Waals surface area contributed by atoms with Crippen molar-refractivity contribution < 1.29 is 32.5 Å². The Hall–Kier alpha value is -3.60. The second kappa shape index (κ2) is 12.2. The number of alkyl halides is 3. The van der Waals surface area contributed by atoms with Gasteiger partial charge in [-0.3, -0.25) is 4.57 Å². The molecule has 2 aromatic heterocycles. The van der Waals surface area contributed by atoms with Gasteiger partial charge in [0.05, 0.1) is 23.8 Å². The van der Waals surface area contributed by atoms with Crippen molar-refractivity contribution in [3.05, 3.63) is 65.5 Å². The topological polar surface area (TPSA) is 122 Å². The first-order valence-electron chi connectivity index (χ1n) is 14.1. The van der Waals surface area contributed by atoms with E-state index < -0.39 is 24.9 Å². The van der Waals surface area contributed by atoms with Gasteiger partial charge in [0.1, 0.15) is 11.4 Å². The van der Waals surface area contributed by atoms with Gasteiger partial charge in [-0.25, -0.2) is 4.98 Å². The monoisotopic (exact) mass is 617 g/mol. The maximum Gasteiger partial charge on any atom is 0.421 e. The minimum Gasteiger partial charge on any atom is -0.494 e. The summed E-state index contributed by atoms with van der Waals surface area (Å²) in [4.78, 5) is 8.06. The Balaban J connectivity index is 1.45. The molecule has 43 heavy (non-hydrogen) atoms. The fraction of sp³-hybridized carbons (Fsp3) is 0.400. The Morgan fingerprint density at radius 2 is 1.79 bits per heavy atom. The summed E-state index contributed by atoms with van der Waals surface area (Å²) in [5.74, 6) is -0.456. The van der Waals surface area contributed by atoms with Gasteiger partial charge in [-0.15, -0.1) is 0 Å². The van der Waals surface area contributed by atoms with Crippen LogP contribution in [0, 0.1) is 0 Å². The largest absolute Gasteiger partial charge is 0.494 e. The number of rotatable bonds is 9. The molecule has 5 rings (SSSR count). The first kappa shape index (κ1) is 30.8. The molecule has 230 valence electrons. The zero-order valence-electron chi connectivity index (χ0n) is 24.1. The fourth-order valence-corrected chi connectivity index (χ4v) is 7.15. The molecule has 0 aliphatic heterocycles. The van der Waals surface area contributed by atoms with Crippen molar-refractivity contribution in [2.24, 2.45) is 7.05 Å². The number of hydrogen-bond acceptors (Lipinski definition) is 8. The molecule has 0 saturated heterocycles. The average molecular weight is 618 g/mol. The molecule has 13 heteroatoms. The SMILES string of the molecule is CCOP(C)(=O)Cc1ccc(Nc2ncc(C(F)(F)F)c(Nc3ccc(C4CCC(O)CC4)c4cn(C)c(O)c34)n2)cc1. The Bertz CT molecular complexity index is 1650. The number of aromatic hydroxyl groups is 1. The number of anilines is 4. The normalized spacial score (nSPS) is 18.9. The van der Waals surface area contributed by atoms with Gasteiger partial charge in [0.25, 0.3) is 0 Å². The Morgan fingerprint density at radius 1 is 1.09 bits per heavy atom. The van der Waals surface area contributed by atoms with Crippen LogP contribution in [0.3, 0.4) is 0 Å². The van der Waals surface area contributed by atoms with E-state index in [0.29, 0.717) is 36.7 Å².